The Labute approximate surface area is 104 Å². The van der Waals surface area contributed by atoms with Crippen molar-refractivity contribution in [3.8, 4) is 0 Å². The fraction of sp³-hybridized carbons (Fsp3) is 0.583. The third-order valence-corrected chi connectivity index (χ3v) is 2.99. The SMILES string of the molecule is O=C(CN1CCC(F)(F)CC1)NCc1ccco1. The molecule has 1 aliphatic heterocycles. The Hall–Kier alpha value is -1.43. The Morgan fingerprint density at radius 2 is 2.17 bits per heavy atom. The summed E-state index contributed by atoms with van der Waals surface area (Å²) in [4.78, 5) is 13.3. The molecule has 100 valence electrons. The maximum absolute atomic E-state index is 12.9. The number of piperidine rings is 1. The largest absolute Gasteiger partial charge is 0.467 e. The highest BCUT2D eigenvalue weighted by atomic mass is 19.3. The van der Waals surface area contributed by atoms with Crippen molar-refractivity contribution in [2.24, 2.45) is 0 Å². The van der Waals surface area contributed by atoms with Crippen LogP contribution in [0.3, 0.4) is 0 Å². The Bertz CT molecular complexity index is 383. The van der Waals surface area contributed by atoms with E-state index in [-0.39, 0.29) is 38.4 Å². The molecule has 0 radical (unpaired) electrons. The van der Waals surface area contributed by atoms with Crippen LogP contribution in [0.4, 0.5) is 8.78 Å². The highest BCUT2D eigenvalue weighted by molar-refractivity contribution is 5.77. The van der Waals surface area contributed by atoms with Crippen LogP contribution in [-0.2, 0) is 11.3 Å². The van der Waals surface area contributed by atoms with E-state index in [1.54, 1.807) is 17.0 Å². The number of nitrogens with one attached hydrogen (secondary N) is 1. The molecule has 1 N–H and O–H groups in total. The van der Waals surface area contributed by atoms with Gasteiger partial charge in [-0.25, -0.2) is 8.78 Å². The zero-order valence-electron chi connectivity index (χ0n) is 9.99. The molecule has 0 aromatic carbocycles. The highest BCUT2D eigenvalue weighted by Gasteiger charge is 2.34. The summed E-state index contributed by atoms with van der Waals surface area (Å²) in [5, 5.41) is 2.69. The number of rotatable bonds is 4. The number of alkyl halides is 2. The Kier molecular flexibility index (Phi) is 3.96. The minimum atomic E-state index is -2.57. The average Bonchev–Trinajstić information content (AvgIpc) is 2.82. The summed E-state index contributed by atoms with van der Waals surface area (Å²) in [7, 11) is 0. The molecule has 2 rings (SSSR count). The maximum Gasteiger partial charge on any atom is 0.250 e. The van der Waals surface area contributed by atoms with Crippen molar-refractivity contribution in [3.63, 3.8) is 0 Å². The lowest BCUT2D eigenvalue weighted by Gasteiger charge is -2.31. The van der Waals surface area contributed by atoms with Gasteiger partial charge in [0.15, 0.2) is 0 Å². The maximum atomic E-state index is 12.9. The fourth-order valence-corrected chi connectivity index (χ4v) is 1.90. The second-order valence-corrected chi connectivity index (χ2v) is 4.49. The van der Waals surface area contributed by atoms with Crippen LogP contribution in [0.25, 0.3) is 0 Å². The topological polar surface area (TPSA) is 45.5 Å². The summed E-state index contributed by atoms with van der Waals surface area (Å²) in [5.74, 6) is -2.06. The fourth-order valence-electron chi connectivity index (χ4n) is 1.90. The third kappa shape index (κ3) is 3.80. The predicted octanol–water partition coefficient (Wildman–Crippen LogP) is 1.63. The van der Waals surface area contributed by atoms with Crippen LogP contribution in [0.2, 0.25) is 0 Å². The van der Waals surface area contributed by atoms with Crippen LogP contribution < -0.4 is 5.32 Å². The van der Waals surface area contributed by atoms with Crippen LogP contribution in [0.15, 0.2) is 22.8 Å². The number of hydrogen-bond donors (Lipinski definition) is 1. The Morgan fingerprint density at radius 3 is 2.78 bits per heavy atom. The lowest BCUT2D eigenvalue weighted by atomic mass is 10.1. The van der Waals surface area contributed by atoms with Crippen molar-refractivity contribution in [1.82, 2.24) is 10.2 Å². The van der Waals surface area contributed by atoms with Gasteiger partial charge in [0.05, 0.1) is 19.4 Å². The third-order valence-electron chi connectivity index (χ3n) is 2.99. The number of carbonyl (C=O) groups excluding carboxylic acids is 1. The van der Waals surface area contributed by atoms with Crippen molar-refractivity contribution in [3.05, 3.63) is 24.2 Å². The van der Waals surface area contributed by atoms with Crippen molar-refractivity contribution in [1.29, 1.82) is 0 Å². The number of carbonyl (C=O) groups is 1. The molecule has 4 nitrogen and oxygen atoms in total. The van der Waals surface area contributed by atoms with Gasteiger partial charge in [-0.15, -0.1) is 0 Å². The highest BCUT2D eigenvalue weighted by Crippen LogP contribution is 2.27. The quantitative estimate of drug-likeness (QED) is 0.892. The van der Waals surface area contributed by atoms with Gasteiger partial charge >= 0.3 is 0 Å². The van der Waals surface area contributed by atoms with Gasteiger partial charge in [-0.3, -0.25) is 9.69 Å². The standard InChI is InChI=1S/C12H16F2N2O2/c13-12(14)3-5-16(6-4-12)9-11(17)15-8-10-2-1-7-18-10/h1-2,7H,3-6,8-9H2,(H,15,17). The molecule has 0 aliphatic carbocycles. The van der Waals surface area contributed by atoms with Gasteiger partial charge in [0.2, 0.25) is 5.91 Å². The van der Waals surface area contributed by atoms with Crippen molar-refractivity contribution in [2.45, 2.75) is 25.3 Å². The molecule has 1 aromatic heterocycles. The molecule has 6 heteroatoms. The van der Waals surface area contributed by atoms with E-state index in [1.807, 2.05) is 0 Å². The van der Waals surface area contributed by atoms with Gasteiger partial charge in [0, 0.05) is 25.9 Å². The number of likely N-dealkylation sites (tertiary alicyclic amines) is 1. The smallest absolute Gasteiger partial charge is 0.250 e. The van der Waals surface area contributed by atoms with Crippen LogP contribution in [0, 0.1) is 0 Å². The molecule has 0 bridgehead atoms. The number of amides is 1. The van der Waals surface area contributed by atoms with Gasteiger partial charge < -0.3 is 9.73 Å². The van der Waals surface area contributed by atoms with E-state index < -0.39 is 5.92 Å². The molecule has 1 aliphatic rings. The Morgan fingerprint density at radius 1 is 1.44 bits per heavy atom. The van der Waals surface area contributed by atoms with Crippen LogP contribution >= 0.6 is 0 Å². The molecule has 1 fully saturated rings. The zero-order chi connectivity index (χ0) is 13.0. The van der Waals surface area contributed by atoms with Gasteiger partial charge in [-0.2, -0.15) is 0 Å². The van der Waals surface area contributed by atoms with Crippen molar-refractivity contribution in [2.75, 3.05) is 19.6 Å². The summed E-state index contributed by atoms with van der Waals surface area (Å²) in [6.45, 7) is 1.02. The first-order valence-electron chi connectivity index (χ1n) is 5.94. The molecule has 1 saturated heterocycles. The number of hydrogen-bond acceptors (Lipinski definition) is 3. The van der Waals surface area contributed by atoms with Crippen LogP contribution in [-0.4, -0.2) is 36.4 Å². The van der Waals surface area contributed by atoms with Gasteiger partial charge in [-0.05, 0) is 12.1 Å². The average molecular weight is 258 g/mol. The number of nitrogens with zero attached hydrogens (tertiary/aromatic N) is 1. The molecule has 0 unspecified atom stereocenters. The molecule has 1 aromatic rings. The monoisotopic (exact) mass is 258 g/mol. The van der Waals surface area contributed by atoms with Gasteiger partial charge in [0.25, 0.3) is 5.92 Å². The van der Waals surface area contributed by atoms with E-state index in [0.29, 0.717) is 12.3 Å². The van der Waals surface area contributed by atoms with E-state index in [2.05, 4.69) is 5.32 Å². The minimum absolute atomic E-state index is 0.163. The lowest BCUT2D eigenvalue weighted by molar-refractivity contribution is -0.124. The summed E-state index contributed by atoms with van der Waals surface area (Å²) >= 11 is 0. The molecule has 0 saturated carbocycles. The first-order chi connectivity index (χ1) is 8.55. The first kappa shape index (κ1) is 13.0. The lowest BCUT2D eigenvalue weighted by Crippen LogP contribution is -2.44. The first-order valence-corrected chi connectivity index (χ1v) is 5.94. The summed E-state index contributed by atoms with van der Waals surface area (Å²) in [6.07, 6.45) is 1.20. The summed E-state index contributed by atoms with van der Waals surface area (Å²) in [5.41, 5.74) is 0. The van der Waals surface area contributed by atoms with E-state index in [1.165, 1.54) is 6.26 Å². The molecule has 2 heterocycles. The summed E-state index contributed by atoms with van der Waals surface area (Å²) in [6, 6.07) is 3.51. The normalized spacial score (nSPS) is 19.7. The van der Waals surface area contributed by atoms with E-state index in [9.17, 15) is 13.6 Å². The molecule has 0 atom stereocenters. The number of furan rings is 1. The second kappa shape index (κ2) is 5.48. The van der Waals surface area contributed by atoms with Gasteiger partial charge in [0.1, 0.15) is 5.76 Å². The van der Waals surface area contributed by atoms with E-state index >= 15 is 0 Å². The molecular formula is C12H16F2N2O2. The molecule has 18 heavy (non-hydrogen) atoms. The number of halogens is 2. The zero-order valence-corrected chi connectivity index (χ0v) is 9.99. The van der Waals surface area contributed by atoms with Crippen LogP contribution in [0.1, 0.15) is 18.6 Å². The van der Waals surface area contributed by atoms with Crippen LogP contribution in [0.5, 0.6) is 0 Å². The predicted molar refractivity (Wildman–Crippen MR) is 61.2 cm³/mol. The summed E-state index contributed by atoms with van der Waals surface area (Å²) < 4.78 is 30.9. The second-order valence-electron chi connectivity index (χ2n) is 4.49. The van der Waals surface area contributed by atoms with Gasteiger partial charge in [-0.1, -0.05) is 0 Å². The van der Waals surface area contributed by atoms with Crippen molar-refractivity contribution < 1.29 is 18.0 Å². The van der Waals surface area contributed by atoms with Crippen molar-refractivity contribution >= 4 is 5.91 Å². The minimum Gasteiger partial charge on any atom is -0.467 e. The molecule has 0 spiro atoms. The van der Waals surface area contributed by atoms with E-state index in [0.717, 1.165) is 0 Å². The Balaban J connectivity index is 1.69. The van der Waals surface area contributed by atoms with E-state index in [4.69, 9.17) is 4.42 Å². The molecular weight excluding hydrogens is 242 g/mol. The molecule has 1 amide bonds.